The number of nitrogens with one attached hydrogen (secondary N) is 1. The quantitative estimate of drug-likeness (QED) is 0.865. The molecule has 0 bridgehead atoms. The highest BCUT2D eigenvalue weighted by Gasteiger charge is 2.26. The van der Waals surface area contributed by atoms with E-state index in [0.29, 0.717) is 13.0 Å². The van der Waals surface area contributed by atoms with Crippen LogP contribution in [0.4, 0.5) is 16.2 Å². The number of urea groups is 1. The first-order valence-electron chi connectivity index (χ1n) is 7.67. The molecule has 0 radical (unpaired) electrons. The Bertz CT molecular complexity index is 671. The van der Waals surface area contributed by atoms with Gasteiger partial charge in [0.15, 0.2) is 0 Å². The molecule has 1 aromatic carbocycles. The Morgan fingerprint density at radius 1 is 1.14 bits per heavy atom. The van der Waals surface area contributed by atoms with Crippen molar-refractivity contribution in [3.8, 4) is 0 Å². The van der Waals surface area contributed by atoms with Crippen LogP contribution in [0.3, 0.4) is 0 Å². The Hall–Kier alpha value is -2.17. The minimum atomic E-state index is -0.342. The van der Waals surface area contributed by atoms with E-state index in [0.717, 1.165) is 29.8 Å². The SMILES string of the molecule is CC(C)(C)C1=Nc2ccc(N3CCC(=O)NC3=O)cc2CC1. The van der Waals surface area contributed by atoms with Crippen LogP contribution < -0.4 is 10.2 Å². The van der Waals surface area contributed by atoms with Crippen LogP contribution in [0.15, 0.2) is 23.2 Å². The summed E-state index contributed by atoms with van der Waals surface area (Å²) in [4.78, 5) is 29.6. The summed E-state index contributed by atoms with van der Waals surface area (Å²) in [7, 11) is 0. The molecule has 0 atom stereocenters. The molecule has 0 aliphatic carbocycles. The summed E-state index contributed by atoms with van der Waals surface area (Å²) in [6, 6.07) is 5.56. The normalized spacial score (nSPS) is 18.7. The van der Waals surface area contributed by atoms with Gasteiger partial charge in [-0.05, 0) is 36.6 Å². The minimum Gasteiger partial charge on any atom is -0.294 e. The molecular weight excluding hydrogens is 278 g/mol. The van der Waals surface area contributed by atoms with Gasteiger partial charge >= 0.3 is 6.03 Å². The zero-order valence-corrected chi connectivity index (χ0v) is 13.3. The molecule has 0 saturated carbocycles. The summed E-state index contributed by atoms with van der Waals surface area (Å²) in [5.41, 5.74) is 4.29. The fourth-order valence-electron chi connectivity index (χ4n) is 2.86. The van der Waals surface area contributed by atoms with Gasteiger partial charge < -0.3 is 0 Å². The molecule has 116 valence electrons. The number of hydrogen-bond acceptors (Lipinski definition) is 3. The van der Waals surface area contributed by atoms with Gasteiger partial charge in [0.1, 0.15) is 0 Å². The lowest BCUT2D eigenvalue weighted by Crippen LogP contribution is -2.49. The van der Waals surface area contributed by atoms with E-state index in [-0.39, 0.29) is 17.4 Å². The number of nitrogens with zero attached hydrogens (tertiary/aromatic N) is 2. The highest BCUT2D eigenvalue weighted by Crippen LogP contribution is 2.34. The van der Waals surface area contributed by atoms with Crippen LogP contribution in [-0.4, -0.2) is 24.2 Å². The van der Waals surface area contributed by atoms with E-state index in [1.165, 1.54) is 5.71 Å². The standard InChI is InChI=1S/C17H21N3O2/c1-17(2,3)14-7-4-11-10-12(5-6-13(11)18-14)20-9-8-15(21)19-16(20)22/h5-6,10H,4,7-9H2,1-3H3,(H,19,21,22). The molecular formula is C17H21N3O2. The van der Waals surface area contributed by atoms with Crippen LogP contribution >= 0.6 is 0 Å². The van der Waals surface area contributed by atoms with Crippen LogP contribution in [0.5, 0.6) is 0 Å². The Morgan fingerprint density at radius 3 is 2.59 bits per heavy atom. The summed E-state index contributed by atoms with van der Waals surface area (Å²) in [6.45, 7) is 6.97. The largest absolute Gasteiger partial charge is 0.328 e. The average Bonchev–Trinajstić information content (AvgIpc) is 2.45. The van der Waals surface area contributed by atoms with Crippen molar-refractivity contribution in [3.05, 3.63) is 23.8 Å². The molecule has 3 amide bonds. The monoisotopic (exact) mass is 299 g/mol. The van der Waals surface area contributed by atoms with Crippen molar-refractivity contribution >= 4 is 29.0 Å². The summed E-state index contributed by atoms with van der Waals surface area (Å²) in [6.07, 6.45) is 2.23. The third kappa shape index (κ3) is 2.75. The maximum absolute atomic E-state index is 11.9. The van der Waals surface area contributed by atoms with Gasteiger partial charge in [-0.2, -0.15) is 0 Å². The van der Waals surface area contributed by atoms with Gasteiger partial charge in [0, 0.05) is 29.8 Å². The molecule has 22 heavy (non-hydrogen) atoms. The average molecular weight is 299 g/mol. The van der Waals surface area contributed by atoms with Crippen LogP contribution in [0.25, 0.3) is 0 Å². The number of rotatable bonds is 1. The van der Waals surface area contributed by atoms with E-state index < -0.39 is 0 Å². The van der Waals surface area contributed by atoms with Gasteiger partial charge in [-0.3, -0.25) is 20.0 Å². The van der Waals surface area contributed by atoms with Crippen molar-refractivity contribution in [2.75, 3.05) is 11.4 Å². The van der Waals surface area contributed by atoms with Crippen LogP contribution in [0.2, 0.25) is 0 Å². The second kappa shape index (κ2) is 5.23. The van der Waals surface area contributed by atoms with Gasteiger partial charge in [-0.25, -0.2) is 4.79 Å². The van der Waals surface area contributed by atoms with Gasteiger partial charge in [0.2, 0.25) is 5.91 Å². The lowest BCUT2D eigenvalue weighted by molar-refractivity contribution is -0.120. The van der Waals surface area contributed by atoms with E-state index >= 15 is 0 Å². The number of hydrogen-bond donors (Lipinski definition) is 1. The third-order valence-corrected chi connectivity index (χ3v) is 4.18. The molecule has 0 aromatic heterocycles. The number of benzene rings is 1. The van der Waals surface area contributed by atoms with Gasteiger partial charge in [-0.15, -0.1) is 0 Å². The number of amides is 3. The first-order valence-corrected chi connectivity index (χ1v) is 7.67. The van der Waals surface area contributed by atoms with Crippen LogP contribution in [0, 0.1) is 5.41 Å². The Labute approximate surface area is 130 Å². The van der Waals surface area contributed by atoms with Gasteiger partial charge in [-0.1, -0.05) is 20.8 Å². The molecule has 5 heteroatoms. The molecule has 2 aliphatic heterocycles. The van der Waals surface area contributed by atoms with E-state index in [9.17, 15) is 9.59 Å². The lowest BCUT2D eigenvalue weighted by Gasteiger charge is -2.29. The number of carbonyl (C=O) groups is 2. The smallest absolute Gasteiger partial charge is 0.294 e. The zero-order chi connectivity index (χ0) is 15.9. The molecule has 1 saturated heterocycles. The summed E-state index contributed by atoms with van der Waals surface area (Å²) >= 11 is 0. The lowest BCUT2D eigenvalue weighted by atomic mass is 9.84. The summed E-state index contributed by atoms with van der Waals surface area (Å²) in [5.74, 6) is -0.210. The number of aryl methyl sites for hydroxylation is 1. The number of fused-ring (bicyclic) bond motifs is 1. The van der Waals surface area contributed by atoms with Crippen LogP contribution in [0.1, 0.15) is 39.2 Å². The zero-order valence-electron chi connectivity index (χ0n) is 13.3. The third-order valence-electron chi connectivity index (χ3n) is 4.18. The van der Waals surface area contributed by atoms with Crippen molar-refractivity contribution in [2.24, 2.45) is 10.4 Å². The number of imide groups is 1. The maximum atomic E-state index is 11.9. The molecule has 0 unspecified atom stereocenters. The second-order valence-electron chi connectivity index (χ2n) is 6.88. The minimum absolute atomic E-state index is 0.0868. The van der Waals surface area contributed by atoms with Crippen molar-refractivity contribution < 1.29 is 9.59 Å². The highest BCUT2D eigenvalue weighted by molar-refractivity contribution is 6.05. The molecule has 1 aromatic rings. The topological polar surface area (TPSA) is 61.8 Å². The summed E-state index contributed by atoms with van der Waals surface area (Å²) in [5, 5.41) is 2.36. The molecule has 3 rings (SSSR count). The molecule has 5 nitrogen and oxygen atoms in total. The number of carbonyl (C=O) groups excluding carboxylic acids is 2. The fraction of sp³-hybridized carbons (Fsp3) is 0.471. The Morgan fingerprint density at radius 2 is 1.91 bits per heavy atom. The molecule has 2 aliphatic rings. The van der Waals surface area contributed by atoms with Crippen molar-refractivity contribution in [3.63, 3.8) is 0 Å². The number of anilines is 1. The molecule has 1 fully saturated rings. The van der Waals surface area contributed by atoms with Crippen molar-refractivity contribution in [1.82, 2.24) is 5.32 Å². The van der Waals surface area contributed by atoms with Crippen molar-refractivity contribution in [2.45, 2.75) is 40.0 Å². The maximum Gasteiger partial charge on any atom is 0.328 e. The predicted octanol–water partition coefficient (Wildman–Crippen LogP) is 3.20. The predicted molar refractivity (Wildman–Crippen MR) is 86.8 cm³/mol. The van der Waals surface area contributed by atoms with Crippen LogP contribution in [-0.2, 0) is 11.2 Å². The second-order valence-corrected chi connectivity index (χ2v) is 6.88. The van der Waals surface area contributed by atoms with Gasteiger partial charge in [0.25, 0.3) is 0 Å². The van der Waals surface area contributed by atoms with Crippen molar-refractivity contribution in [1.29, 1.82) is 0 Å². The first kappa shape index (κ1) is 14.8. The van der Waals surface area contributed by atoms with E-state index in [2.05, 4.69) is 26.1 Å². The number of aliphatic imine (C=N–C) groups is 1. The molecule has 1 N–H and O–H groups in total. The van der Waals surface area contributed by atoms with Gasteiger partial charge in [0.05, 0.1) is 5.69 Å². The molecule has 2 heterocycles. The summed E-state index contributed by atoms with van der Waals surface area (Å²) < 4.78 is 0. The first-order chi connectivity index (χ1) is 10.3. The fourth-order valence-corrected chi connectivity index (χ4v) is 2.86. The Kier molecular flexibility index (Phi) is 3.51. The molecule has 0 spiro atoms. The Balaban J connectivity index is 1.89. The highest BCUT2D eigenvalue weighted by atomic mass is 16.2. The van der Waals surface area contributed by atoms with E-state index in [4.69, 9.17) is 4.99 Å². The van der Waals surface area contributed by atoms with E-state index in [1.54, 1.807) is 4.90 Å². The van der Waals surface area contributed by atoms with E-state index in [1.807, 2.05) is 18.2 Å².